The quantitative estimate of drug-likeness (QED) is 0.658. The second kappa shape index (κ2) is 8.34. The largest absolute Gasteiger partial charge is 0.243 e. The number of hydrogen-bond donors (Lipinski definition) is 0. The number of rotatable bonds is 6. The van der Waals surface area contributed by atoms with Crippen LogP contribution >= 0.6 is 11.3 Å². The highest BCUT2D eigenvalue weighted by molar-refractivity contribution is 7.89. The molecule has 1 aliphatic rings. The number of nitrogens with zero attached hydrogens (tertiary/aromatic N) is 3. The van der Waals surface area contributed by atoms with E-state index in [0.717, 1.165) is 41.9 Å². The molecule has 0 saturated heterocycles. The monoisotopic (exact) mass is 401 g/mol. The van der Waals surface area contributed by atoms with Crippen LogP contribution in [0, 0.1) is 11.3 Å². The molecule has 0 spiro atoms. The van der Waals surface area contributed by atoms with E-state index in [9.17, 15) is 13.7 Å². The Bertz CT molecular complexity index is 971. The molecule has 0 atom stereocenters. The number of sulfonamides is 1. The molecule has 2 aromatic rings. The zero-order valence-corrected chi connectivity index (χ0v) is 17.2. The minimum atomic E-state index is -3.46. The first-order chi connectivity index (χ1) is 13.0. The zero-order valence-electron chi connectivity index (χ0n) is 15.6. The van der Waals surface area contributed by atoms with E-state index in [4.69, 9.17) is 0 Å². The Morgan fingerprint density at radius 1 is 1.19 bits per heavy atom. The van der Waals surface area contributed by atoms with E-state index in [-0.39, 0.29) is 4.90 Å². The van der Waals surface area contributed by atoms with Crippen LogP contribution < -0.4 is 0 Å². The minimum Gasteiger partial charge on any atom is -0.235 e. The summed E-state index contributed by atoms with van der Waals surface area (Å²) in [5.41, 5.74) is 3.54. The molecule has 0 N–H and O–H groups in total. The lowest BCUT2D eigenvalue weighted by molar-refractivity contribution is 0.445. The van der Waals surface area contributed by atoms with Crippen LogP contribution in [0.2, 0.25) is 0 Å². The summed E-state index contributed by atoms with van der Waals surface area (Å²) >= 11 is 1.47. The van der Waals surface area contributed by atoms with Gasteiger partial charge >= 0.3 is 0 Å². The molecule has 27 heavy (non-hydrogen) atoms. The van der Waals surface area contributed by atoms with Gasteiger partial charge in [-0.05, 0) is 43.4 Å². The molecule has 0 radical (unpaired) electrons. The molecule has 0 unspecified atom stereocenters. The van der Waals surface area contributed by atoms with Gasteiger partial charge in [-0.3, -0.25) is 0 Å². The number of benzene rings is 1. The number of thiazole rings is 1. The zero-order chi connectivity index (χ0) is 19.4. The predicted octanol–water partition coefficient (Wildman–Crippen LogP) is 4.69. The van der Waals surface area contributed by atoms with Gasteiger partial charge in [0.05, 0.1) is 16.2 Å². The fourth-order valence-electron chi connectivity index (χ4n) is 3.36. The van der Waals surface area contributed by atoms with Crippen LogP contribution in [0.4, 0.5) is 0 Å². The fourth-order valence-corrected chi connectivity index (χ4v) is 5.69. The van der Waals surface area contributed by atoms with E-state index in [2.05, 4.69) is 11.1 Å². The standard InChI is InChI=1S/C20H23N3O2S2/c1-3-23(4-2)27(24,25)17-11-9-16(10-12-17)19-14-26-20(22-19)18(13-21)15-7-5-6-8-15/h9-12,14H,3-8H2,1-2H3. The molecule has 0 aliphatic heterocycles. The van der Waals surface area contributed by atoms with Gasteiger partial charge in [-0.15, -0.1) is 11.3 Å². The lowest BCUT2D eigenvalue weighted by Crippen LogP contribution is -2.30. The van der Waals surface area contributed by atoms with Crippen LogP contribution in [-0.4, -0.2) is 30.8 Å². The average molecular weight is 402 g/mol. The first kappa shape index (κ1) is 19.7. The number of nitriles is 1. The Morgan fingerprint density at radius 3 is 2.37 bits per heavy atom. The molecule has 1 aromatic heterocycles. The van der Waals surface area contributed by atoms with Gasteiger partial charge in [0, 0.05) is 24.0 Å². The number of aromatic nitrogens is 1. The van der Waals surface area contributed by atoms with Crippen molar-refractivity contribution in [1.82, 2.24) is 9.29 Å². The molecule has 1 heterocycles. The summed E-state index contributed by atoms with van der Waals surface area (Å²) < 4.78 is 26.6. The van der Waals surface area contributed by atoms with Gasteiger partial charge in [0.15, 0.2) is 0 Å². The lowest BCUT2D eigenvalue weighted by Gasteiger charge is -2.18. The van der Waals surface area contributed by atoms with Gasteiger partial charge < -0.3 is 0 Å². The van der Waals surface area contributed by atoms with Crippen molar-refractivity contribution in [2.24, 2.45) is 0 Å². The number of allylic oxidation sites excluding steroid dienone is 2. The Balaban J connectivity index is 1.88. The van der Waals surface area contributed by atoms with Crippen molar-refractivity contribution in [2.75, 3.05) is 13.1 Å². The summed E-state index contributed by atoms with van der Waals surface area (Å²) in [6, 6.07) is 9.14. The maximum Gasteiger partial charge on any atom is 0.243 e. The third-order valence-electron chi connectivity index (χ3n) is 4.88. The molecule has 3 rings (SSSR count). The van der Waals surface area contributed by atoms with Gasteiger partial charge in [0.1, 0.15) is 11.1 Å². The molecular formula is C20H23N3O2S2. The minimum absolute atomic E-state index is 0.288. The van der Waals surface area contributed by atoms with Crippen LogP contribution in [0.1, 0.15) is 44.5 Å². The van der Waals surface area contributed by atoms with E-state index < -0.39 is 10.0 Å². The molecule has 1 saturated carbocycles. The van der Waals surface area contributed by atoms with Crippen molar-refractivity contribution in [2.45, 2.75) is 44.4 Å². The Hall–Kier alpha value is -2.01. The van der Waals surface area contributed by atoms with Gasteiger partial charge in [-0.2, -0.15) is 9.57 Å². The van der Waals surface area contributed by atoms with Crippen LogP contribution in [0.5, 0.6) is 0 Å². The van der Waals surface area contributed by atoms with E-state index in [0.29, 0.717) is 18.7 Å². The van der Waals surface area contributed by atoms with Crippen LogP contribution in [0.3, 0.4) is 0 Å². The van der Waals surface area contributed by atoms with Gasteiger partial charge in [-0.1, -0.05) is 26.0 Å². The smallest absolute Gasteiger partial charge is 0.235 e. The summed E-state index contributed by atoms with van der Waals surface area (Å²) in [5, 5.41) is 12.2. The molecule has 142 valence electrons. The molecule has 1 aliphatic carbocycles. The van der Waals surface area contributed by atoms with Crippen molar-refractivity contribution in [3.05, 3.63) is 40.2 Å². The molecule has 7 heteroatoms. The van der Waals surface area contributed by atoms with Crippen LogP contribution in [0.25, 0.3) is 16.8 Å². The molecule has 0 bridgehead atoms. The van der Waals surface area contributed by atoms with Crippen molar-refractivity contribution in [3.8, 4) is 17.3 Å². The maximum atomic E-state index is 12.6. The summed E-state index contributed by atoms with van der Waals surface area (Å²) in [7, 11) is -3.46. The number of hydrogen-bond acceptors (Lipinski definition) is 5. The Labute approximate surface area is 165 Å². The van der Waals surface area contributed by atoms with E-state index >= 15 is 0 Å². The molecule has 1 aromatic carbocycles. The summed E-state index contributed by atoms with van der Waals surface area (Å²) in [5.74, 6) is 0. The molecule has 0 amide bonds. The van der Waals surface area contributed by atoms with E-state index in [1.807, 2.05) is 19.2 Å². The van der Waals surface area contributed by atoms with Crippen LogP contribution in [-0.2, 0) is 10.0 Å². The van der Waals surface area contributed by atoms with E-state index in [1.165, 1.54) is 21.2 Å². The lowest BCUT2D eigenvalue weighted by atomic mass is 10.1. The van der Waals surface area contributed by atoms with Gasteiger partial charge in [0.25, 0.3) is 0 Å². The van der Waals surface area contributed by atoms with Crippen LogP contribution in [0.15, 0.2) is 40.1 Å². The highest BCUT2D eigenvalue weighted by Gasteiger charge is 2.22. The second-order valence-corrected chi connectivity index (χ2v) is 9.25. The Morgan fingerprint density at radius 2 is 1.81 bits per heavy atom. The molecule has 5 nitrogen and oxygen atoms in total. The maximum absolute atomic E-state index is 12.6. The normalized spacial score (nSPS) is 14.5. The highest BCUT2D eigenvalue weighted by atomic mass is 32.2. The fraction of sp³-hybridized carbons (Fsp3) is 0.400. The average Bonchev–Trinajstić information content (AvgIpc) is 3.36. The summed E-state index contributed by atoms with van der Waals surface area (Å²) in [4.78, 5) is 4.92. The third-order valence-corrected chi connectivity index (χ3v) is 7.81. The van der Waals surface area contributed by atoms with Gasteiger partial charge in [0.2, 0.25) is 10.0 Å². The summed E-state index contributed by atoms with van der Waals surface area (Å²) in [6.07, 6.45) is 4.24. The van der Waals surface area contributed by atoms with Crippen molar-refractivity contribution < 1.29 is 8.42 Å². The topological polar surface area (TPSA) is 74.1 Å². The van der Waals surface area contributed by atoms with Crippen molar-refractivity contribution in [1.29, 1.82) is 5.26 Å². The highest BCUT2D eigenvalue weighted by Crippen LogP contribution is 2.34. The predicted molar refractivity (Wildman–Crippen MR) is 109 cm³/mol. The Kier molecular flexibility index (Phi) is 6.10. The molecular weight excluding hydrogens is 378 g/mol. The van der Waals surface area contributed by atoms with Crippen molar-refractivity contribution >= 4 is 26.9 Å². The van der Waals surface area contributed by atoms with E-state index in [1.54, 1.807) is 24.3 Å². The first-order valence-corrected chi connectivity index (χ1v) is 11.5. The SMILES string of the molecule is CCN(CC)S(=O)(=O)c1ccc(-c2csc(C(C#N)=C3CCCC3)n2)cc1. The third kappa shape index (κ3) is 3.98. The van der Waals surface area contributed by atoms with Crippen molar-refractivity contribution in [3.63, 3.8) is 0 Å². The van der Waals surface area contributed by atoms with Gasteiger partial charge in [-0.25, -0.2) is 13.4 Å². The second-order valence-electron chi connectivity index (χ2n) is 6.45. The first-order valence-electron chi connectivity index (χ1n) is 9.19. The summed E-state index contributed by atoms with van der Waals surface area (Å²) in [6.45, 7) is 4.55. The molecule has 1 fully saturated rings.